The zero-order valence-corrected chi connectivity index (χ0v) is 15.8. The fourth-order valence-electron chi connectivity index (χ4n) is 3.38. The summed E-state index contributed by atoms with van der Waals surface area (Å²) >= 11 is 6.29. The third-order valence-corrected chi connectivity index (χ3v) is 5.19. The van der Waals surface area contributed by atoms with Gasteiger partial charge in [0, 0.05) is 54.9 Å². The number of β-amino-alcohol motifs (C(OH)–C–C–N with tert-alkyl or cyclic N) is 1. The van der Waals surface area contributed by atoms with Crippen LogP contribution < -0.4 is 20.1 Å². The van der Waals surface area contributed by atoms with Gasteiger partial charge in [-0.3, -0.25) is 0 Å². The minimum atomic E-state index is -0.512. The van der Waals surface area contributed by atoms with Crippen molar-refractivity contribution < 1.29 is 14.6 Å². The minimum absolute atomic E-state index is 0.234. The number of halogens is 1. The Morgan fingerprint density at radius 1 is 1.19 bits per heavy atom. The summed E-state index contributed by atoms with van der Waals surface area (Å²) in [6, 6.07) is 7.27. The van der Waals surface area contributed by atoms with Gasteiger partial charge in [0.1, 0.15) is 17.1 Å². The van der Waals surface area contributed by atoms with Crippen LogP contribution in [0.25, 0.3) is 16.9 Å². The van der Waals surface area contributed by atoms with Crippen LogP contribution in [0.1, 0.15) is 0 Å². The summed E-state index contributed by atoms with van der Waals surface area (Å²) in [7, 11) is 3.16. The van der Waals surface area contributed by atoms with E-state index < -0.39 is 6.10 Å². The first-order valence-corrected chi connectivity index (χ1v) is 8.97. The van der Waals surface area contributed by atoms with Gasteiger partial charge in [-0.15, -0.1) is 0 Å². The fraction of sp³-hybridized carbons (Fsp3) is 0.316. The van der Waals surface area contributed by atoms with E-state index in [0.717, 1.165) is 22.6 Å². The molecule has 3 N–H and O–H groups in total. The van der Waals surface area contributed by atoms with Crippen LogP contribution >= 0.6 is 11.6 Å². The van der Waals surface area contributed by atoms with E-state index in [1.165, 1.54) is 0 Å². The van der Waals surface area contributed by atoms with Crippen LogP contribution in [0.4, 0.5) is 5.69 Å². The number of hydrogen-bond acceptors (Lipinski definition) is 6. The van der Waals surface area contributed by atoms with Crippen molar-refractivity contribution in [2.24, 2.45) is 5.73 Å². The highest BCUT2D eigenvalue weighted by molar-refractivity contribution is 6.32. The molecule has 1 saturated heterocycles. The number of nitrogens with zero attached hydrogens (tertiary/aromatic N) is 3. The summed E-state index contributed by atoms with van der Waals surface area (Å²) in [6.07, 6.45) is 3.35. The molecule has 3 aromatic rings. The molecule has 0 radical (unpaired) electrons. The first-order valence-electron chi connectivity index (χ1n) is 8.59. The Morgan fingerprint density at radius 2 is 1.96 bits per heavy atom. The first-order chi connectivity index (χ1) is 13.0. The molecule has 0 bridgehead atoms. The molecule has 2 unspecified atom stereocenters. The molecule has 142 valence electrons. The number of aliphatic hydroxyl groups is 1. The van der Waals surface area contributed by atoms with Crippen LogP contribution in [-0.2, 0) is 0 Å². The molecule has 4 rings (SSSR count). The van der Waals surface area contributed by atoms with Crippen molar-refractivity contribution in [1.29, 1.82) is 0 Å². The maximum Gasteiger partial charge on any atom is 0.141 e. The molecule has 1 aliphatic heterocycles. The zero-order valence-electron chi connectivity index (χ0n) is 15.1. The van der Waals surface area contributed by atoms with Crippen molar-refractivity contribution in [3.63, 3.8) is 0 Å². The number of anilines is 1. The number of hydrogen-bond donors (Lipinski definition) is 2. The predicted octanol–water partition coefficient (Wildman–Crippen LogP) is 2.18. The molecule has 1 aliphatic rings. The standard InChI is InChI=1S/C19H21ClN4O3/c1-26-17-7-18(27-2)13(20)6-12(17)15-9-23-4-3-11(5-19(23)22-15)24-8-14(21)16(25)10-24/h3-7,9,14,16,25H,8,10,21H2,1-2H3. The van der Waals surface area contributed by atoms with Crippen molar-refractivity contribution in [3.05, 3.63) is 41.7 Å². The molecular weight excluding hydrogens is 368 g/mol. The molecule has 7 nitrogen and oxygen atoms in total. The van der Waals surface area contributed by atoms with Crippen molar-refractivity contribution >= 4 is 22.9 Å². The van der Waals surface area contributed by atoms with Gasteiger partial charge in [0.25, 0.3) is 0 Å². The highest BCUT2D eigenvalue weighted by Crippen LogP contribution is 2.38. The molecule has 1 aromatic carbocycles. The van der Waals surface area contributed by atoms with Crippen LogP contribution in [-0.4, -0.2) is 53.9 Å². The molecule has 0 amide bonds. The number of aromatic nitrogens is 2. The number of rotatable bonds is 4. The lowest BCUT2D eigenvalue weighted by molar-refractivity contribution is 0.180. The van der Waals surface area contributed by atoms with Gasteiger partial charge in [0.2, 0.25) is 0 Å². The minimum Gasteiger partial charge on any atom is -0.496 e. The number of imidazole rings is 1. The highest BCUT2D eigenvalue weighted by Gasteiger charge is 2.28. The normalized spacial score (nSPS) is 19.7. The molecule has 3 heterocycles. The van der Waals surface area contributed by atoms with Crippen LogP contribution in [0.5, 0.6) is 11.5 Å². The summed E-state index contributed by atoms with van der Waals surface area (Å²) in [5.74, 6) is 1.18. The predicted molar refractivity (Wildman–Crippen MR) is 105 cm³/mol. The number of ether oxygens (including phenoxy) is 2. The van der Waals surface area contributed by atoms with Gasteiger partial charge in [-0.25, -0.2) is 4.98 Å². The average Bonchev–Trinajstić information content (AvgIpc) is 3.24. The van der Waals surface area contributed by atoms with Gasteiger partial charge in [0.15, 0.2) is 0 Å². The first kappa shape index (κ1) is 17.9. The maximum atomic E-state index is 9.90. The Hall–Kier alpha value is -2.48. The summed E-state index contributed by atoms with van der Waals surface area (Å²) in [5.41, 5.74) is 9.21. The number of aliphatic hydroxyl groups excluding tert-OH is 1. The summed E-state index contributed by atoms with van der Waals surface area (Å²) in [6.45, 7) is 1.14. The van der Waals surface area contributed by atoms with E-state index in [1.807, 2.05) is 28.9 Å². The molecule has 0 saturated carbocycles. The smallest absolute Gasteiger partial charge is 0.141 e. The van der Waals surface area contributed by atoms with Gasteiger partial charge >= 0.3 is 0 Å². The monoisotopic (exact) mass is 388 g/mol. The van der Waals surface area contributed by atoms with Crippen molar-refractivity contribution in [2.45, 2.75) is 12.1 Å². The van der Waals surface area contributed by atoms with Gasteiger partial charge in [-0.1, -0.05) is 11.6 Å². The molecule has 0 aliphatic carbocycles. The lowest BCUT2D eigenvalue weighted by atomic mass is 10.1. The number of fused-ring (bicyclic) bond motifs is 1. The highest BCUT2D eigenvalue weighted by atomic mass is 35.5. The fourth-order valence-corrected chi connectivity index (χ4v) is 3.62. The summed E-state index contributed by atoms with van der Waals surface area (Å²) in [4.78, 5) is 6.79. The van der Waals surface area contributed by atoms with E-state index in [1.54, 1.807) is 26.4 Å². The van der Waals surface area contributed by atoms with E-state index in [2.05, 4.69) is 4.90 Å². The molecule has 27 heavy (non-hydrogen) atoms. The van der Waals surface area contributed by atoms with Crippen molar-refractivity contribution in [2.75, 3.05) is 32.2 Å². The second-order valence-electron chi connectivity index (χ2n) is 6.60. The molecule has 8 heteroatoms. The largest absolute Gasteiger partial charge is 0.496 e. The molecule has 0 spiro atoms. The number of nitrogens with two attached hydrogens (primary N) is 1. The van der Waals surface area contributed by atoms with Gasteiger partial charge in [-0.2, -0.15) is 0 Å². The molecule has 1 fully saturated rings. The Balaban J connectivity index is 1.73. The second-order valence-corrected chi connectivity index (χ2v) is 7.01. The van der Waals surface area contributed by atoms with Crippen molar-refractivity contribution in [1.82, 2.24) is 9.38 Å². The van der Waals surface area contributed by atoms with Gasteiger partial charge in [-0.05, 0) is 12.1 Å². The number of pyridine rings is 1. The molecule has 2 atom stereocenters. The zero-order chi connectivity index (χ0) is 19.1. The lowest BCUT2D eigenvalue weighted by Crippen LogP contribution is -2.32. The van der Waals surface area contributed by atoms with Crippen LogP contribution in [0, 0.1) is 0 Å². The molecular formula is C19H21ClN4O3. The third kappa shape index (κ3) is 3.18. The van der Waals surface area contributed by atoms with Crippen LogP contribution in [0.3, 0.4) is 0 Å². The third-order valence-electron chi connectivity index (χ3n) is 4.89. The van der Waals surface area contributed by atoms with E-state index in [4.69, 9.17) is 31.8 Å². The van der Waals surface area contributed by atoms with Gasteiger partial charge in [0.05, 0.1) is 31.0 Å². The van der Waals surface area contributed by atoms with Crippen molar-refractivity contribution in [3.8, 4) is 22.8 Å². The summed E-state index contributed by atoms with van der Waals surface area (Å²) in [5, 5.41) is 10.4. The van der Waals surface area contributed by atoms with E-state index in [-0.39, 0.29) is 6.04 Å². The maximum absolute atomic E-state index is 9.90. The lowest BCUT2D eigenvalue weighted by Gasteiger charge is -2.17. The van der Waals surface area contributed by atoms with E-state index >= 15 is 0 Å². The topological polar surface area (TPSA) is 85.2 Å². The number of benzene rings is 1. The van der Waals surface area contributed by atoms with E-state index in [9.17, 15) is 5.11 Å². The second kappa shape index (κ2) is 6.92. The quantitative estimate of drug-likeness (QED) is 0.712. The summed E-state index contributed by atoms with van der Waals surface area (Å²) < 4.78 is 12.7. The molecule has 2 aromatic heterocycles. The number of methoxy groups -OCH3 is 2. The average molecular weight is 389 g/mol. The van der Waals surface area contributed by atoms with Gasteiger partial charge < -0.3 is 29.6 Å². The van der Waals surface area contributed by atoms with Crippen LogP contribution in [0.2, 0.25) is 5.02 Å². The van der Waals surface area contributed by atoms with Crippen LogP contribution in [0.15, 0.2) is 36.7 Å². The van der Waals surface area contributed by atoms with E-state index in [0.29, 0.717) is 29.6 Å². The Kier molecular flexibility index (Phi) is 4.59. The Bertz CT molecular complexity index is 980. The Morgan fingerprint density at radius 3 is 2.63 bits per heavy atom. The Labute approximate surface area is 161 Å². The SMILES string of the molecule is COc1cc(OC)c(-c2cn3ccc(N4CC(N)C(O)C4)cc3n2)cc1Cl.